The Hall–Kier alpha value is -2.79. The minimum Gasteiger partial charge on any atom is -0.353 e. The van der Waals surface area contributed by atoms with E-state index >= 15 is 0 Å². The van der Waals surface area contributed by atoms with Crippen molar-refractivity contribution < 1.29 is 0 Å². The second-order valence-electron chi connectivity index (χ2n) is 8.38. The van der Waals surface area contributed by atoms with Gasteiger partial charge in [0.1, 0.15) is 5.69 Å². The third-order valence-corrected chi connectivity index (χ3v) is 6.55. The molecule has 1 aromatic carbocycles. The van der Waals surface area contributed by atoms with E-state index in [-0.39, 0.29) is 0 Å². The van der Waals surface area contributed by atoms with Crippen molar-refractivity contribution in [3.05, 3.63) is 60.9 Å². The molecule has 5 nitrogen and oxygen atoms in total. The highest BCUT2D eigenvalue weighted by Crippen LogP contribution is 2.32. The number of hydrogen-bond acceptors (Lipinski definition) is 5. The zero-order valence-corrected chi connectivity index (χ0v) is 17.5. The zero-order chi connectivity index (χ0) is 20.2. The normalized spacial score (nSPS) is 18.5. The topological polar surface area (TPSA) is 45.2 Å². The van der Waals surface area contributed by atoms with Gasteiger partial charge in [-0.25, -0.2) is 0 Å². The van der Waals surface area contributed by atoms with Crippen LogP contribution >= 0.6 is 0 Å². The first-order valence-electron chi connectivity index (χ1n) is 11.2. The summed E-state index contributed by atoms with van der Waals surface area (Å²) in [5.74, 6) is 0.981. The van der Waals surface area contributed by atoms with E-state index in [9.17, 15) is 0 Å². The van der Waals surface area contributed by atoms with Gasteiger partial charge in [-0.3, -0.25) is 9.88 Å². The van der Waals surface area contributed by atoms with E-state index in [2.05, 4.69) is 61.4 Å². The highest BCUT2D eigenvalue weighted by atomic mass is 15.3. The van der Waals surface area contributed by atoms with Crippen LogP contribution < -0.4 is 4.90 Å². The van der Waals surface area contributed by atoms with E-state index in [4.69, 9.17) is 0 Å². The van der Waals surface area contributed by atoms with Crippen LogP contribution in [-0.4, -0.2) is 52.3 Å². The number of nitrogens with zero attached hydrogens (tertiary/aromatic N) is 5. The summed E-state index contributed by atoms with van der Waals surface area (Å²) in [6.45, 7) is 4.29. The number of anilines is 1. The third-order valence-electron chi connectivity index (χ3n) is 6.55. The summed E-state index contributed by atoms with van der Waals surface area (Å²) < 4.78 is 0. The Morgan fingerprint density at radius 3 is 2.20 bits per heavy atom. The summed E-state index contributed by atoms with van der Waals surface area (Å²) in [6.07, 6.45) is 10.6. The number of benzene rings is 1. The van der Waals surface area contributed by atoms with Crippen LogP contribution in [0.1, 0.15) is 32.1 Å². The lowest BCUT2D eigenvalue weighted by Gasteiger charge is -2.41. The minimum absolute atomic E-state index is 0.793. The van der Waals surface area contributed by atoms with Gasteiger partial charge in [0, 0.05) is 55.7 Å². The van der Waals surface area contributed by atoms with E-state index in [1.807, 2.05) is 24.5 Å². The molecule has 1 aliphatic carbocycles. The predicted octanol–water partition coefficient (Wildman–Crippen LogP) is 4.66. The molecule has 5 rings (SSSR count). The van der Waals surface area contributed by atoms with Gasteiger partial charge in [0.15, 0.2) is 5.82 Å². The summed E-state index contributed by atoms with van der Waals surface area (Å²) in [5.41, 5.74) is 4.25. The molecule has 0 bridgehead atoms. The largest absolute Gasteiger partial charge is 0.353 e. The molecule has 2 aromatic heterocycles. The molecule has 1 saturated carbocycles. The molecule has 5 heteroatoms. The monoisotopic (exact) mass is 399 g/mol. The van der Waals surface area contributed by atoms with Gasteiger partial charge in [0.05, 0.1) is 0 Å². The number of piperazine rings is 1. The SMILES string of the molecule is c1ccc(-c2cc(N3CCN(C4CCCCC4)CC3)nnc2-c2ccncc2)cc1. The number of rotatable bonds is 4. The molecule has 1 aliphatic heterocycles. The Kier molecular flexibility index (Phi) is 5.71. The van der Waals surface area contributed by atoms with Gasteiger partial charge in [-0.1, -0.05) is 49.6 Å². The van der Waals surface area contributed by atoms with Gasteiger partial charge in [0.2, 0.25) is 0 Å². The Balaban J connectivity index is 1.40. The van der Waals surface area contributed by atoms with Crippen molar-refractivity contribution in [2.45, 2.75) is 38.1 Å². The van der Waals surface area contributed by atoms with Gasteiger partial charge in [-0.2, -0.15) is 0 Å². The smallest absolute Gasteiger partial charge is 0.151 e. The lowest BCUT2D eigenvalue weighted by atomic mass is 9.94. The molecule has 3 heterocycles. The van der Waals surface area contributed by atoms with Crippen molar-refractivity contribution >= 4 is 5.82 Å². The predicted molar refractivity (Wildman–Crippen MR) is 121 cm³/mol. The minimum atomic E-state index is 0.793. The summed E-state index contributed by atoms with van der Waals surface area (Å²) in [4.78, 5) is 9.25. The van der Waals surface area contributed by atoms with Crippen LogP contribution in [0.4, 0.5) is 5.82 Å². The average molecular weight is 400 g/mol. The molecule has 0 amide bonds. The van der Waals surface area contributed by atoms with Crippen molar-refractivity contribution in [2.75, 3.05) is 31.1 Å². The Morgan fingerprint density at radius 1 is 0.733 bits per heavy atom. The Labute approximate surface area is 178 Å². The van der Waals surface area contributed by atoms with Crippen molar-refractivity contribution in [3.8, 4) is 22.4 Å². The van der Waals surface area contributed by atoms with Gasteiger partial charge < -0.3 is 4.90 Å². The van der Waals surface area contributed by atoms with E-state index in [0.717, 1.165) is 54.9 Å². The molecule has 0 radical (unpaired) electrons. The fourth-order valence-electron chi connectivity index (χ4n) is 4.86. The lowest BCUT2D eigenvalue weighted by molar-refractivity contribution is 0.147. The van der Waals surface area contributed by atoms with Crippen LogP contribution in [0.15, 0.2) is 60.9 Å². The summed E-state index contributed by atoms with van der Waals surface area (Å²) in [6, 6.07) is 17.5. The van der Waals surface area contributed by atoms with Crippen molar-refractivity contribution in [2.24, 2.45) is 0 Å². The van der Waals surface area contributed by atoms with Crippen LogP contribution in [0.2, 0.25) is 0 Å². The summed E-state index contributed by atoms with van der Waals surface area (Å²) >= 11 is 0. The fourth-order valence-corrected chi connectivity index (χ4v) is 4.86. The molecular formula is C25H29N5. The molecule has 154 valence electrons. The molecular weight excluding hydrogens is 370 g/mol. The van der Waals surface area contributed by atoms with Crippen molar-refractivity contribution in [1.82, 2.24) is 20.1 Å². The highest BCUT2D eigenvalue weighted by Gasteiger charge is 2.26. The molecule has 0 atom stereocenters. The Bertz CT molecular complexity index is 946. The van der Waals surface area contributed by atoms with Crippen LogP contribution in [0.5, 0.6) is 0 Å². The van der Waals surface area contributed by atoms with Gasteiger partial charge in [-0.15, -0.1) is 10.2 Å². The number of hydrogen-bond donors (Lipinski definition) is 0. The first kappa shape index (κ1) is 19.2. The van der Waals surface area contributed by atoms with Crippen molar-refractivity contribution in [3.63, 3.8) is 0 Å². The molecule has 1 saturated heterocycles. The van der Waals surface area contributed by atoms with Crippen LogP contribution in [0.25, 0.3) is 22.4 Å². The number of aromatic nitrogens is 3. The molecule has 3 aromatic rings. The van der Waals surface area contributed by atoms with Gasteiger partial charge >= 0.3 is 0 Å². The maximum Gasteiger partial charge on any atom is 0.151 e. The van der Waals surface area contributed by atoms with E-state index in [1.54, 1.807) is 0 Å². The van der Waals surface area contributed by atoms with E-state index in [1.165, 1.54) is 37.7 Å². The molecule has 2 fully saturated rings. The number of pyridine rings is 1. The second kappa shape index (κ2) is 8.92. The molecule has 0 unspecified atom stereocenters. The van der Waals surface area contributed by atoms with Crippen molar-refractivity contribution in [1.29, 1.82) is 0 Å². The van der Waals surface area contributed by atoms with Crippen LogP contribution in [0, 0.1) is 0 Å². The average Bonchev–Trinajstić information content (AvgIpc) is 2.85. The summed E-state index contributed by atoms with van der Waals surface area (Å²) in [5, 5.41) is 9.32. The molecule has 0 spiro atoms. The first-order valence-corrected chi connectivity index (χ1v) is 11.2. The lowest BCUT2D eigenvalue weighted by Crippen LogP contribution is -2.51. The van der Waals surface area contributed by atoms with Crippen LogP contribution in [-0.2, 0) is 0 Å². The quantitative estimate of drug-likeness (QED) is 0.638. The molecule has 2 aliphatic rings. The molecule has 0 N–H and O–H groups in total. The van der Waals surface area contributed by atoms with Gasteiger partial charge in [0.25, 0.3) is 0 Å². The standard InChI is InChI=1S/C25H29N5/c1-3-7-20(8-4-1)23-19-24(27-28-25(23)21-11-13-26-14-12-21)30-17-15-29(16-18-30)22-9-5-2-6-10-22/h1,3-4,7-8,11-14,19,22H,2,5-6,9-10,15-18H2. The van der Waals surface area contributed by atoms with E-state index in [0.29, 0.717) is 0 Å². The van der Waals surface area contributed by atoms with Crippen LogP contribution in [0.3, 0.4) is 0 Å². The third kappa shape index (κ3) is 4.08. The van der Waals surface area contributed by atoms with E-state index < -0.39 is 0 Å². The maximum atomic E-state index is 4.68. The maximum absolute atomic E-state index is 4.68. The highest BCUT2D eigenvalue weighted by molar-refractivity contribution is 5.81. The molecule has 30 heavy (non-hydrogen) atoms. The van der Waals surface area contributed by atoms with Gasteiger partial charge in [-0.05, 0) is 36.6 Å². The fraction of sp³-hybridized carbons (Fsp3) is 0.400. The Morgan fingerprint density at radius 2 is 1.47 bits per heavy atom. The zero-order valence-electron chi connectivity index (χ0n) is 17.5. The first-order chi connectivity index (χ1) is 14.9. The second-order valence-corrected chi connectivity index (χ2v) is 8.38. The summed E-state index contributed by atoms with van der Waals surface area (Å²) in [7, 11) is 0.